The molecule has 260 valence electrons. The molecule has 2 fully saturated rings. The molecular formula is C37H41N7O6. The molecular weight excluding hydrogens is 638 g/mol. The molecule has 7 rings (SSSR count). The van der Waals surface area contributed by atoms with Crippen LogP contribution in [-0.2, 0) is 21.0 Å². The SMILES string of the molecule is CC(OC(=O)N1CCC(CC#Cc2nc(N)c3ncn(CO[C@H](C(=O)NC4CC4)C(O)CO)c3n2)CC1)C1c2ccccc2-c2ccccc21. The van der Waals surface area contributed by atoms with Gasteiger partial charge in [-0.15, -0.1) is 0 Å². The Morgan fingerprint density at radius 2 is 1.72 bits per heavy atom. The van der Waals surface area contributed by atoms with Gasteiger partial charge in [-0.3, -0.25) is 9.36 Å². The van der Waals surface area contributed by atoms with Crippen molar-refractivity contribution in [1.29, 1.82) is 0 Å². The fourth-order valence-electron chi connectivity index (χ4n) is 6.84. The normalized spacial score (nSPS) is 17.7. The Balaban J connectivity index is 0.932. The van der Waals surface area contributed by atoms with E-state index in [2.05, 4.69) is 56.4 Å². The lowest BCUT2D eigenvalue weighted by molar-refractivity contribution is -0.147. The third-order valence-corrected chi connectivity index (χ3v) is 9.70. The van der Waals surface area contributed by atoms with E-state index in [0.29, 0.717) is 36.6 Å². The molecule has 3 aliphatic rings. The lowest BCUT2D eigenvalue weighted by Gasteiger charge is -2.32. The number of benzene rings is 2. The maximum absolute atomic E-state index is 13.2. The number of aromatic nitrogens is 4. The number of nitrogens with zero attached hydrogens (tertiary/aromatic N) is 5. The van der Waals surface area contributed by atoms with Crippen LogP contribution in [0, 0.1) is 17.8 Å². The molecule has 2 aliphatic carbocycles. The summed E-state index contributed by atoms with van der Waals surface area (Å²) in [4.78, 5) is 40.7. The summed E-state index contributed by atoms with van der Waals surface area (Å²) in [6, 6.07) is 16.7. The third-order valence-electron chi connectivity index (χ3n) is 9.70. The van der Waals surface area contributed by atoms with E-state index in [1.165, 1.54) is 28.6 Å². The summed E-state index contributed by atoms with van der Waals surface area (Å²) in [6.45, 7) is 2.36. The number of carbonyl (C=O) groups is 2. The van der Waals surface area contributed by atoms with E-state index in [1.807, 2.05) is 31.2 Å². The molecule has 2 amide bonds. The van der Waals surface area contributed by atoms with Gasteiger partial charge in [0.2, 0.25) is 5.82 Å². The van der Waals surface area contributed by atoms with Gasteiger partial charge >= 0.3 is 6.09 Å². The summed E-state index contributed by atoms with van der Waals surface area (Å²) in [6.07, 6.45) is 2.15. The van der Waals surface area contributed by atoms with Gasteiger partial charge in [0.25, 0.3) is 5.91 Å². The number of anilines is 1. The summed E-state index contributed by atoms with van der Waals surface area (Å²) in [5.41, 5.74) is 11.7. The van der Waals surface area contributed by atoms with Crippen LogP contribution in [0.4, 0.5) is 10.6 Å². The second-order valence-electron chi connectivity index (χ2n) is 13.2. The molecule has 5 N–H and O–H groups in total. The average molecular weight is 680 g/mol. The van der Waals surface area contributed by atoms with E-state index in [9.17, 15) is 19.8 Å². The van der Waals surface area contributed by atoms with Crippen molar-refractivity contribution in [2.45, 2.75) is 76.0 Å². The Morgan fingerprint density at radius 3 is 2.38 bits per heavy atom. The summed E-state index contributed by atoms with van der Waals surface area (Å²) < 4.78 is 13.3. The van der Waals surface area contributed by atoms with Gasteiger partial charge in [-0.2, -0.15) is 0 Å². The van der Waals surface area contributed by atoms with Gasteiger partial charge in [0.05, 0.1) is 12.9 Å². The highest BCUT2D eigenvalue weighted by atomic mass is 16.6. The monoisotopic (exact) mass is 679 g/mol. The molecule has 0 spiro atoms. The van der Waals surface area contributed by atoms with Crippen molar-refractivity contribution >= 4 is 29.0 Å². The zero-order valence-electron chi connectivity index (χ0n) is 27.9. The Kier molecular flexibility index (Phi) is 9.67. The predicted molar refractivity (Wildman–Crippen MR) is 184 cm³/mol. The van der Waals surface area contributed by atoms with E-state index < -0.39 is 24.7 Å². The van der Waals surface area contributed by atoms with Gasteiger partial charge in [0.1, 0.15) is 24.5 Å². The molecule has 3 heterocycles. The lowest BCUT2D eigenvalue weighted by Crippen LogP contribution is -2.46. The Morgan fingerprint density at radius 1 is 1.04 bits per heavy atom. The fourth-order valence-corrected chi connectivity index (χ4v) is 6.84. The summed E-state index contributed by atoms with van der Waals surface area (Å²) in [5.74, 6) is 6.38. The van der Waals surface area contributed by atoms with Crippen LogP contribution in [0.15, 0.2) is 54.9 Å². The van der Waals surface area contributed by atoms with Gasteiger partial charge < -0.3 is 35.6 Å². The summed E-state index contributed by atoms with van der Waals surface area (Å²) in [5, 5.41) is 22.4. The van der Waals surface area contributed by atoms with E-state index >= 15 is 0 Å². The van der Waals surface area contributed by atoms with Crippen LogP contribution in [0.25, 0.3) is 22.3 Å². The number of likely N-dealkylation sites (tertiary alicyclic amines) is 1. The van der Waals surface area contributed by atoms with E-state index in [-0.39, 0.29) is 42.5 Å². The number of imidazole rings is 1. The molecule has 13 heteroatoms. The van der Waals surface area contributed by atoms with Crippen molar-refractivity contribution in [2.24, 2.45) is 5.92 Å². The van der Waals surface area contributed by atoms with Crippen LogP contribution in [0.2, 0.25) is 0 Å². The predicted octanol–water partition coefficient (Wildman–Crippen LogP) is 3.17. The van der Waals surface area contributed by atoms with Crippen molar-refractivity contribution in [3.63, 3.8) is 0 Å². The van der Waals surface area contributed by atoms with Crippen LogP contribution < -0.4 is 11.1 Å². The minimum absolute atomic E-state index is 0.00432. The zero-order valence-corrected chi connectivity index (χ0v) is 27.9. The number of hydrogen-bond acceptors (Lipinski definition) is 10. The first-order chi connectivity index (χ1) is 24.3. The maximum Gasteiger partial charge on any atom is 0.410 e. The topological polar surface area (TPSA) is 178 Å². The van der Waals surface area contributed by atoms with Crippen molar-refractivity contribution in [3.8, 4) is 23.0 Å². The minimum atomic E-state index is -1.39. The van der Waals surface area contributed by atoms with Gasteiger partial charge in [0, 0.05) is 31.5 Å². The molecule has 13 nitrogen and oxygen atoms in total. The molecule has 0 bridgehead atoms. The molecule has 1 aliphatic heterocycles. The standard InChI is InChI=1S/C37H41N7O6/c1-22(31-27-10-4-2-8-25(27)26-9-3-5-11-28(26)31)50-37(48)43-17-15-23(16-18-43)7-6-12-30-41-34(38)32-35(42-30)44(20-39-32)21-49-33(29(46)19-45)36(47)40-24-13-14-24/h2-5,8-11,20,22-24,29,31,33,45-46H,7,13-19,21H2,1H3,(H,40,47)(H2,38,41,42)/t22?,29?,33-/m0/s1. The smallest absolute Gasteiger partial charge is 0.410 e. The summed E-state index contributed by atoms with van der Waals surface area (Å²) >= 11 is 0. The zero-order chi connectivity index (χ0) is 34.8. The lowest BCUT2D eigenvalue weighted by atomic mass is 9.92. The van der Waals surface area contributed by atoms with Gasteiger partial charge in [-0.05, 0) is 66.7 Å². The summed E-state index contributed by atoms with van der Waals surface area (Å²) in [7, 11) is 0. The van der Waals surface area contributed by atoms with Crippen LogP contribution in [0.3, 0.4) is 0 Å². The molecule has 1 saturated carbocycles. The van der Waals surface area contributed by atoms with Gasteiger partial charge in [0.15, 0.2) is 17.6 Å². The number of carbonyl (C=O) groups excluding carboxylic acids is 2. The number of fused-ring (bicyclic) bond motifs is 4. The first-order valence-electron chi connectivity index (χ1n) is 17.1. The Bertz CT molecular complexity index is 1900. The first kappa shape index (κ1) is 33.5. The molecule has 4 aromatic rings. The van der Waals surface area contributed by atoms with E-state index in [1.54, 1.807) is 9.47 Å². The maximum atomic E-state index is 13.2. The molecule has 50 heavy (non-hydrogen) atoms. The number of rotatable bonds is 10. The van der Waals surface area contributed by atoms with Crippen molar-refractivity contribution in [2.75, 3.05) is 25.4 Å². The van der Waals surface area contributed by atoms with E-state index in [4.69, 9.17) is 15.2 Å². The average Bonchev–Trinajstić information content (AvgIpc) is 3.74. The van der Waals surface area contributed by atoms with Crippen molar-refractivity contribution < 1.29 is 29.3 Å². The first-order valence-corrected chi connectivity index (χ1v) is 17.1. The second kappa shape index (κ2) is 14.4. The van der Waals surface area contributed by atoms with Crippen LogP contribution in [0.5, 0.6) is 0 Å². The fraction of sp³-hybridized carbons (Fsp3) is 0.432. The van der Waals surface area contributed by atoms with Crippen molar-refractivity contribution in [3.05, 3.63) is 71.8 Å². The van der Waals surface area contributed by atoms with Crippen LogP contribution in [-0.4, -0.2) is 90.7 Å². The number of ether oxygens (including phenoxy) is 2. The van der Waals surface area contributed by atoms with Crippen molar-refractivity contribution in [1.82, 2.24) is 29.7 Å². The number of hydrogen-bond donors (Lipinski definition) is 4. The highest BCUT2D eigenvalue weighted by Crippen LogP contribution is 2.46. The van der Waals surface area contributed by atoms with Crippen LogP contribution >= 0.6 is 0 Å². The minimum Gasteiger partial charge on any atom is -0.445 e. The number of nitrogens with one attached hydrogen (secondary N) is 1. The highest BCUT2D eigenvalue weighted by Gasteiger charge is 2.36. The largest absolute Gasteiger partial charge is 0.445 e. The highest BCUT2D eigenvalue weighted by molar-refractivity contribution is 5.83. The molecule has 1 saturated heterocycles. The van der Waals surface area contributed by atoms with Crippen LogP contribution in [0.1, 0.15) is 61.9 Å². The van der Waals surface area contributed by atoms with Gasteiger partial charge in [-0.25, -0.2) is 19.7 Å². The molecule has 0 radical (unpaired) electrons. The molecule has 3 atom stereocenters. The quantitative estimate of drug-likeness (QED) is 0.182. The number of amides is 2. The molecule has 2 aromatic heterocycles. The third kappa shape index (κ3) is 7.00. The number of aliphatic hydroxyl groups is 2. The molecule has 2 unspecified atom stereocenters. The van der Waals surface area contributed by atoms with E-state index in [0.717, 1.165) is 25.7 Å². The Hall–Kier alpha value is -5.03. The number of nitrogens with two attached hydrogens (primary N) is 1. The molecule has 2 aromatic carbocycles. The Labute approximate surface area is 289 Å². The number of nitrogen functional groups attached to an aromatic ring is 1. The second-order valence-corrected chi connectivity index (χ2v) is 13.2. The number of aliphatic hydroxyl groups excluding tert-OH is 2. The van der Waals surface area contributed by atoms with Gasteiger partial charge in [-0.1, -0.05) is 54.5 Å². The number of piperidine rings is 1.